The summed E-state index contributed by atoms with van der Waals surface area (Å²) in [4.78, 5) is 16.9. The van der Waals surface area contributed by atoms with Crippen LogP contribution >= 0.6 is 22.9 Å². The third-order valence-electron chi connectivity index (χ3n) is 3.26. The summed E-state index contributed by atoms with van der Waals surface area (Å²) in [5.41, 5.74) is 3.01. The molecule has 1 aromatic rings. The van der Waals surface area contributed by atoms with Crippen molar-refractivity contribution in [2.24, 2.45) is 4.99 Å². The lowest BCUT2D eigenvalue weighted by Crippen LogP contribution is -2.18. The lowest BCUT2D eigenvalue weighted by molar-refractivity contribution is 0.102. The zero-order valence-electron chi connectivity index (χ0n) is 11.4. The van der Waals surface area contributed by atoms with Crippen LogP contribution in [0.4, 0.5) is 0 Å². The van der Waals surface area contributed by atoms with Crippen molar-refractivity contribution in [1.29, 1.82) is 0 Å². The number of rotatable bonds is 3. The molecule has 1 N–H and O–H groups in total. The molecule has 0 atom stereocenters. The fraction of sp³-hybridized carbons (Fsp3) is 0.200. The number of aromatic hydroxyl groups is 1. The monoisotopic (exact) mass is 320 g/mol. The number of halogens is 1. The Morgan fingerprint density at radius 2 is 2.33 bits per heavy atom. The molecule has 0 saturated carbocycles. The first kappa shape index (κ1) is 14.1. The maximum atomic E-state index is 12.6. The summed E-state index contributed by atoms with van der Waals surface area (Å²) in [6.07, 6.45) is 3.41. The fourth-order valence-corrected chi connectivity index (χ4v) is 3.32. The Hall–Kier alpha value is -1.85. The number of ketones is 1. The predicted molar refractivity (Wildman–Crippen MR) is 81.7 cm³/mol. The first-order chi connectivity index (χ1) is 10.0. The molecule has 2 heterocycles. The van der Waals surface area contributed by atoms with E-state index >= 15 is 0 Å². The summed E-state index contributed by atoms with van der Waals surface area (Å²) < 4.78 is 5.31. The van der Waals surface area contributed by atoms with Gasteiger partial charge in [-0.15, -0.1) is 11.3 Å². The number of ether oxygens (including phenoxy) is 1. The Bertz CT molecular complexity index is 768. The van der Waals surface area contributed by atoms with Gasteiger partial charge in [0.1, 0.15) is 5.76 Å². The molecule has 21 heavy (non-hydrogen) atoms. The summed E-state index contributed by atoms with van der Waals surface area (Å²) in [5, 5.41) is 11.5. The van der Waals surface area contributed by atoms with Crippen LogP contribution in [0, 0.1) is 6.08 Å². The van der Waals surface area contributed by atoms with Crippen LogP contribution in [0.15, 0.2) is 44.1 Å². The maximum absolute atomic E-state index is 12.6. The van der Waals surface area contributed by atoms with E-state index in [0.717, 1.165) is 22.7 Å². The van der Waals surface area contributed by atoms with E-state index in [4.69, 9.17) is 16.3 Å². The number of hydrogen-bond acceptors (Lipinski definition) is 5. The molecule has 4 nitrogen and oxygen atoms in total. The number of carbonyl (C=O) groups excluding carboxylic acids is 1. The van der Waals surface area contributed by atoms with Crippen molar-refractivity contribution in [1.82, 2.24) is 0 Å². The van der Waals surface area contributed by atoms with Crippen LogP contribution in [0.2, 0.25) is 0 Å². The second-order valence-electron chi connectivity index (χ2n) is 4.65. The molecule has 1 aliphatic carbocycles. The summed E-state index contributed by atoms with van der Waals surface area (Å²) in [7, 11) is 1.48. The Balaban J connectivity index is 2.08. The SMILES string of the molecule is COC1=C(C(=O)c2csc(O)c2)CC2=NC(C)=[C]C2=C1Cl. The number of hydrogen-bond donors (Lipinski definition) is 1. The van der Waals surface area contributed by atoms with Gasteiger partial charge in [-0.1, -0.05) is 11.6 Å². The van der Waals surface area contributed by atoms with Gasteiger partial charge >= 0.3 is 0 Å². The molecule has 0 spiro atoms. The molecule has 1 aromatic heterocycles. The zero-order valence-corrected chi connectivity index (χ0v) is 12.9. The van der Waals surface area contributed by atoms with Gasteiger partial charge in [-0.25, -0.2) is 0 Å². The molecule has 6 heteroatoms. The van der Waals surface area contributed by atoms with Gasteiger partial charge in [0, 0.05) is 46.3 Å². The van der Waals surface area contributed by atoms with E-state index in [1.807, 2.05) is 6.92 Å². The molecule has 0 unspecified atom stereocenters. The molecule has 0 fully saturated rings. The first-order valence-corrected chi connectivity index (χ1v) is 7.45. The summed E-state index contributed by atoms with van der Waals surface area (Å²) >= 11 is 7.43. The highest BCUT2D eigenvalue weighted by atomic mass is 35.5. The van der Waals surface area contributed by atoms with Crippen molar-refractivity contribution < 1.29 is 14.6 Å². The Morgan fingerprint density at radius 3 is 2.95 bits per heavy atom. The molecular weight excluding hydrogens is 310 g/mol. The van der Waals surface area contributed by atoms with Crippen LogP contribution < -0.4 is 0 Å². The molecule has 2 aliphatic rings. The quantitative estimate of drug-likeness (QED) is 0.866. The predicted octanol–water partition coefficient (Wildman–Crippen LogP) is 3.60. The highest BCUT2D eigenvalue weighted by Gasteiger charge is 2.32. The van der Waals surface area contributed by atoms with E-state index in [1.165, 1.54) is 13.2 Å². The zero-order chi connectivity index (χ0) is 15.1. The summed E-state index contributed by atoms with van der Waals surface area (Å²) in [5.74, 6) is 0.136. The van der Waals surface area contributed by atoms with Crippen LogP contribution in [0.5, 0.6) is 5.06 Å². The standard InChI is InChI=1S/C15H11ClNO3S/c1-7-3-9-11(17-7)5-10(15(20-2)13(9)16)14(19)8-4-12(18)21-6-8/h4,6,18H,5H2,1-2H3. The van der Waals surface area contributed by atoms with E-state index in [-0.39, 0.29) is 10.8 Å². The number of carbonyl (C=O) groups is 1. The number of fused-ring (bicyclic) bond motifs is 1. The van der Waals surface area contributed by atoms with Gasteiger partial charge in [0.25, 0.3) is 0 Å². The number of thiophene rings is 1. The van der Waals surface area contributed by atoms with E-state index in [2.05, 4.69) is 11.1 Å². The minimum atomic E-state index is -0.215. The average Bonchev–Trinajstić information content (AvgIpc) is 3.03. The summed E-state index contributed by atoms with van der Waals surface area (Å²) in [6.45, 7) is 1.83. The maximum Gasteiger partial charge on any atom is 0.194 e. The largest absolute Gasteiger partial charge is 0.499 e. The van der Waals surface area contributed by atoms with Crippen molar-refractivity contribution in [3.8, 4) is 5.06 Å². The number of Topliss-reactive ketones (excluding diaryl/α,β-unsaturated/α-hetero) is 1. The smallest absolute Gasteiger partial charge is 0.194 e. The van der Waals surface area contributed by atoms with Gasteiger partial charge in [0.05, 0.1) is 17.9 Å². The van der Waals surface area contributed by atoms with E-state index in [9.17, 15) is 9.90 Å². The lowest BCUT2D eigenvalue weighted by atomic mass is 9.91. The van der Waals surface area contributed by atoms with E-state index in [0.29, 0.717) is 33.9 Å². The minimum absolute atomic E-state index is 0.0973. The molecule has 0 bridgehead atoms. The molecule has 0 aromatic carbocycles. The highest BCUT2D eigenvalue weighted by Crippen LogP contribution is 2.37. The number of methoxy groups -OCH3 is 1. The van der Waals surface area contributed by atoms with Crippen molar-refractivity contribution in [3.05, 3.63) is 50.7 Å². The molecule has 107 valence electrons. The van der Waals surface area contributed by atoms with Gasteiger partial charge < -0.3 is 9.84 Å². The number of allylic oxidation sites excluding steroid dienone is 5. The average molecular weight is 321 g/mol. The third kappa shape index (κ3) is 2.32. The first-order valence-electron chi connectivity index (χ1n) is 6.19. The van der Waals surface area contributed by atoms with Gasteiger partial charge in [-0.3, -0.25) is 9.79 Å². The normalized spacial score (nSPS) is 17.7. The lowest BCUT2D eigenvalue weighted by Gasteiger charge is -2.19. The van der Waals surface area contributed by atoms with Gasteiger partial charge in [0.2, 0.25) is 0 Å². The van der Waals surface area contributed by atoms with Crippen molar-refractivity contribution in [3.63, 3.8) is 0 Å². The van der Waals surface area contributed by atoms with Crippen LogP contribution in [-0.4, -0.2) is 23.7 Å². The fourth-order valence-electron chi connectivity index (χ4n) is 2.36. The molecule has 0 amide bonds. The summed E-state index contributed by atoms with van der Waals surface area (Å²) in [6, 6.07) is 1.44. The Labute approximate surface area is 130 Å². The minimum Gasteiger partial charge on any atom is -0.499 e. The molecular formula is C15H11ClNO3S. The third-order valence-corrected chi connectivity index (χ3v) is 4.35. The van der Waals surface area contributed by atoms with Gasteiger partial charge in [-0.05, 0) is 6.92 Å². The van der Waals surface area contributed by atoms with Gasteiger partial charge in [0.15, 0.2) is 10.8 Å². The van der Waals surface area contributed by atoms with E-state index in [1.54, 1.807) is 5.38 Å². The molecule has 1 radical (unpaired) electrons. The number of aliphatic imine (C=N–C) groups is 1. The van der Waals surface area contributed by atoms with Crippen LogP contribution in [0.1, 0.15) is 23.7 Å². The number of nitrogens with zero attached hydrogens (tertiary/aromatic N) is 1. The highest BCUT2D eigenvalue weighted by molar-refractivity contribution is 7.12. The second kappa shape index (κ2) is 5.16. The molecule has 1 aliphatic heterocycles. The van der Waals surface area contributed by atoms with Crippen molar-refractivity contribution in [2.75, 3.05) is 7.11 Å². The Kier molecular flexibility index (Phi) is 3.47. The van der Waals surface area contributed by atoms with Crippen molar-refractivity contribution in [2.45, 2.75) is 13.3 Å². The van der Waals surface area contributed by atoms with Crippen LogP contribution in [0.3, 0.4) is 0 Å². The molecule has 3 rings (SSSR count). The molecule has 0 saturated heterocycles. The Morgan fingerprint density at radius 1 is 1.57 bits per heavy atom. The van der Waals surface area contributed by atoms with E-state index < -0.39 is 0 Å². The second-order valence-corrected chi connectivity index (χ2v) is 5.92. The van der Waals surface area contributed by atoms with Crippen LogP contribution in [0.25, 0.3) is 0 Å². The van der Waals surface area contributed by atoms with Gasteiger partial charge in [-0.2, -0.15) is 0 Å². The van der Waals surface area contributed by atoms with Crippen molar-refractivity contribution >= 4 is 34.4 Å². The topological polar surface area (TPSA) is 58.9 Å². The van der Waals surface area contributed by atoms with Crippen LogP contribution in [-0.2, 0) is 4.74 Å².